The van der Waals surface area contributed by atoms with Crippen LogP contribution in [0, 0.1) is 0 Å². The lowest BCUT2D eigenvalue weighted by molar-refractivity contribution is -0.432. The maximum Gasteiger partial charge on any atom is 0.124 e. The molecule has 4 N–H and O–H groups in total. The fourth-order valence-corrected chi connectivity index (χ4v) is 1.81. The molecule has 0 heterocycles. The van der Waals surface area contributed by atoms with Gasteiger partial charge in [-0.1, -0.05) is 43.2 Å². The third kappa shape index (κ3) is 5.46. The first-order valence-corrected chi connectivity index (χ1v) is 6.49. The highest BCUT2D eigenvalue weighted by molar-refractivity contribution is 7.94. The largest absolute Gasteiger partial charge is 0.507 e. The highest BCUT2D eigenvalue weighted by atomic mass is 32.2. The van der Waals surface area contributed by atoms with E-state index in [4.69, 9.17) is 5.26 Å². The van der Waals surface area contributed by atoms with Crippen LogP contribution in [-0.2, 0) is 9.37 Å². The summed E-state index contributed by atoms with van der Waals surface area (Å²) in [6.45, 7) is 4.00. The Hall–Kier alpha value is -1.31. The van der Waals surface area contributed by atoms with E-state index in [0.29, 0.717) is 4.90 Å². The lowest BCUT2D eigenvalue weighted by Crippen LogP contribution is -1.80. The smallest absolute Gasteiger partial charge is 0.124 e. The van der Waals surface area contributed by atoms with Crippen molar-refractivity contribution in [2.45, 2.75) is 18.7 Å². The molecule has 6 heteroatoms. The van der Waals surface area contributed by atoms with Gasteiger partial charge in [0, 0.05) is 10.3 Å². The zero-order chi connectivity index (χ0) is 14.7. The van der Waals surface area contributed by atoms with Gasteiger partial charge in [0.2, 0.25) is 0 Å². The summed E-state index contributed by atoms with van der Waals surface area (Å²) >= 11 is 0.817. The molecule has 0 atom stereocenters. The van der Waals surface area contributed by atoms with Crippen LogP contribution in [0.2, 0.25) is 0 Å². The van der Waals surface area contributed by atoms with Gasteiger partial charge in [-0.15, -0.1) is 4.33 Å². The van der Waals surface area contributed by atoms with Gasteiger partial charge in [0.1, 0.15) is 5.75 Å². The van der Waals surface area contributed by atoms with Crippen LogP contribution in [0.3, 0.4) is 0 Å². The summed E-state index contributed by atoms with van der Waals surface area (Å²) in [6, 6.07) is 10.8. The Morgan fingerprint density at radius 1 is 1.11 bits per heavy atom. The molecule has 5 nitrogen and oxygen atoms in total. The van der Waals surface area contributed by atoms with Gasteiger partial charge >= 0.3 is 0 Å². The van der Waals surface area contributed by atoms with Crippen molar-refractivity contribution >= 4 is 22.8 Å². The van der Waals surface area contributed by atoms with Crippen molar-refractivity contribution in [1.82, 2.24) is 0 Å². The molecular formula is C13H19NO4S. The normalized spacial score (nSPS) is 9.11. The number of hydrogen-bond donors (Lipinski definition) is 3. The maximum atomic E-state index is 9.68. The third-order valence-corrected chi connectivity index (χ3v) is 2.53. The summed E-state index contributed by atoms with van der Waals surface area (Å²) in [5.74, 6) is 0.164. The first-order valence-electron chi connectivity index (χ1n) is 5.75. The molecule has 0 saturated carbocycles. The molecular weight excluding hydrogens is 266 g/mol. The lowest BCUT2D eigenvalue weighted by Gasteiger charge is -2.03. The van der Waals surface area contributed by atoms with Crippen molar-refractivity contribution in [3.63, 3.8) is 0 Å². The SMILES string of the molecule is CC.CN.OOOSc1cc(O)c2ccccc2c1. The second-order valence-electron chi connectivity index (χ2n) is 2.89. The fourth-order valence-electron chi connectivity index (χ4n) is 1.37. The van der Waals surface area contributed by atoms with Crippen LogP contribution in [0.4, 0.5) is 0 Å². The number of aromatic hydroxyl groups is 1. The minimum absolute atomic E-state index is 0.164. The molecule has 0 bridgehead atoms. The standard InChI is InChI=1S/C10H8O4S.C2H6.CH5N/c11-10-6-8(15-14-13-12)5-7-3-1-2-4-9(7)10;2*1-2/h1-6,11-12H;1-2H3;2H2,1H3. The van der Waals surface area contributed by atoms with E-state index < -0.39 is 0 Å². The monoisotopic (exact) mass is 285 g/mol. The molecule has 106 valence electrons. The molecule has 0 fully saturated rings. The third-order valence-electron chi connectivity index (χ3n) is 1.97. The Bertz CT molecular complexity index is 479. The van der Waals surface area contributed by atoms with E-state index in [1.54, 1.807) is 0 Å². The van der Waals surface area contributed by atoms with Gasteiger partial charge in [-0.05, 0) is 24.6 Å². The summed E-state index contributed by atoms with van der Waals surface area (Å²) in [5, 5.41) is 22.8. The summed E-state index contributed by atoms with van der Waals surface area (Å²) in [4.78, 5) is 0.639. The van der Waals surface area contributed by atoms with Gasteiger partial charge in [0.15, 0.2) is 0 Å². The zero-order valence-corrected chi connectivity index (χ0v) is 12.0. The first kappa shape index (κ1) is 17.7. The Labute approximate surface area is 117 Å². The Balaban J connectivity index is 0.000000741. The minimum atomic E-state index is 0.164. The molecule has 19 heavy (non-hydrogen) atoms. The highest BCUT2D eigenvalue weighted by Crippen LogP contribution is 2.31. The molecule has 0 spiro atoms. The van der Waals surface area contributed by atoms with E-state index in [-0.39, 0.29) is 5.75 Å². The van der Waals surface area contributed by atoms with Gasteiger partial charge in [-0.3, -0.25) is 0 Å². The van der Waals surface area contributed by atoms with Crippen molar-refractivity contribution in [2.75, 3.05) is 7.05 Å². The molecule has 0 amide bonds. The highest BCUT2D eigenvalue weighted by Gasteiger charge is 2.03. The van der Waals surface area contributed by atoms with Gasteiger partial charge in [-0.25, -0.2) is 5.26 Å². The van der Waals surface area contributed by atoms with Gasteiger partial charge < -0.3 is 10.8 Å². The van der Waals surface area contributed by atoms with E-state index >= 15 is 0 Å². The van der Waals surface area contributed by atoms with Crippen LogP contribution in [0.5, 0.6) is 5.75 Å². The molecule has 0 unspecified atom stereocenters. The van der Waals surface area contributed by atoms with Crippen LogP contribution in [-0.4, -0.2) is 17.4 Å². The van der Waals surface area contributed by atoms with E-state index in [1.807, 2.05) is 44.2 Å². The average Bonchev–Trinajstić information content (AvgIpc) is 2.49. The van der Waals surface area contributed by atoms with E-state index in [1.165, 1.54) is 13.1 Å². The van der Waals surface area contributed by atoms with Crippen molar-refractivity contribution < 1.29 is 19.7 Å². The second kappa shape index (κ2) is 10.6. The quantitative estimate of drug-likeness (QED) is 0.454. The van der Waals surface area contributed by atoms with Crippen molar-refractivity contribution in [1.29, 1.82) is 0 Å². The number of benzene rings is 2. The predicted octanol–water partition coefficient (Wildman–Crippen LogP) is 3.57. The van der Waals surface area contributed by atoms with E-state index in [0.717, 1.165) is 22.8 Å². The molecule has 2 aromatic rings. The number of nitrogens with two attached hydrogens (primary N) is 1. The number of phenolic OH excluding ortho intramolecular Hbond substituents is 1. The molecule has 0 saturated heterocycles. The summed E-state index contributed by atoms with van der Waals surface area (Å²) in [6.07, 6.45) is 0. The Morgan fingerprint density at radius 3 is 2.37 bits per heavy atom. The zero-order valence-electron chi connectivity index (χ0n) is 11.2. The van der Waals surface area contributed by atoms with Gasteiger partial charge in [0.25, 0.3) is 0 Å². The number of fused-ring (bicyclic) bond motifs is 1. The van der Waals surface area contributed by atoms with Crippen LogP contribution in [0.15, 0.2) is 41.3 Å². The average molecular weight is 285 g/mol. The topological polar surface area (TPSA) is 84.9 Å². The van der Waals surface area contributed by atoms with E-state index in [9.17, 15) is 5.11 Å². The van der Waals surface area contributed by atoms with Crippen molar-refractivity contribution in [3.8, 4) is 5.75 Å². The van der Waals surface area contributed by atoms with Crippen LogP contribution in [0.25, 0.3) is 10.8 Å². The molecule has 0 aliphatic carbocycles. The number of rotatable bonds is 3. The number of phenols is 1. The van der Waals surface area contributed by atoms with Gasteiger partial charge in [-0.2, -0.15) is 0 Å². The maximum absolute atomic E-state index is 9.68. The molecule has 0 aliphatic heterocycles. The number of hydrogen-bond acceptors (Lipinski definition) is 6. The Morgan fingerprint density at radius 2 is 1.74 bits per heavy atom. The fraction of sp³-hybridized carbons (Fsp3) is 0.231. The van der Waals surface area contributed by atoms with Gasteiger partial charge in [0.05, 0.1) is 12.0 Å². The predicted molar refractivity (Wildman–Crippen MR) is 77.7 cm³/mol. The van der Waals surface area contributed by atoms with E-state index in [2.05, 4.69) is 15.1 Å². The Kier molecular flexibility index (Phi) is 9.87. The van der Waals surface area contributed by atoms with Crippen molar-refractivity contribution in [2.24, 2.45) is 5.73 Å². The molecule has 0 aromatic heterocycles. The lowest BCUT2D eigenvalue weighted by atomic mass is 10.1. The summed E-state index contributed by atoms with van der Waals surface area (Å²) in [5.41, 5.74) is 4.50. The summed E-state index contributed by atoms with van der Waals surface area (Å²) in [7, 11) is 1.50. The van der Waals surface area contributed by atoms with Crippen LogP contribution >= 0.6 is 12.0 Å². The molecule has 0 aliphatic rings. The van der Waals surface area contributed by atoms with Crippen LogP contribution < -0.4 is 5.73 Å². The summed E-state index contributed by atoms with van der Waals surface area (Å²) < 4.78 is 4.28. The molecule has 0 radical (unpaired) electrons. The van der Waals surface area contributed by atoms with Crippen molar-refractivity contribution in [3.05, 3.63) is 36.4 Å². The molecule has 2 aromatic carbocycles. The minimum Gasteiger partial charge on any atom is -0.507 e. The second-order valence-corrected chi connectivity index (χ2v) is 3.66. The first-order chi connectivity index (χ1) is 9.31. The molecule has 2 rings (SSSR count). The van der Waals surface area contributed by atoms with Crippen LogP contribution in [0.1, 0.15) is 13.8 Å².